The molecule has 2 amide bonds. The summed E-state index contributed by atoms with van der Waals surface area (Å²) in [5, 5.41) is 3.23. The van der Waals surface area contributed by atoms with Gasteiger partial charge in [-0.15, -0.1) is 0 Å². The number of hydrogen-bond donors (Lipinski definition) is 1. The number of carbonyl (C=O) groups is 2. The van der Waals surface area contributed by atoms with Gasteiger partial charge >= 0.3 is 0 Å². The maximum Gasteiger partial charge on any atom is 0.227 e. The van der Waals surface area contributed by atoms with Crippen LogP contribution in [-0.2, 0) is 22.4 Å². The summed E-state index contributed by atoms with van der Waals surface area (Å²) in [5.74, 6) is -0.168. The molecule has 1 unspecified atom stereocenters. The van der Waals surface area contributed by atoms with Gasteiger partial charge in [-0.2, -0.15) is 0 Å². The molecule has 4 nitrogen and oxygen atoms in total. The van der Waals surface area contributed by atoms with Crippen molar-refractivity contribution in [2.24, 2.45) is 0 Å². The summed E-state index contributed by atoms with van der Waals surface area (Å²) in [7, 11) is 1.79. The maximum absolute atomic E-state index is 13.0. The summed E-state index contributed by atoms with van der Waals surface area (Å²) < 4.78 is 0. The Hall–Kier alpha value is -2.62. The van der Waals surface area contributed by atoms with Crippen molar-refractivity contribution in [1.29, 1.82) is 0 Å². The molecule has 25 heavy (non-hydrogen) atoms. The van der Waals surface area contributed by atoms with E-state index in [4.69, 9.17) is 0 Å². The minimum atomic E-state index is -0.270. The summed E-state index contributed by atoms with van der Waals surface area (Å²) in [4.78, 5) is 26.9. The zero-order valence-corrected chi connectivity index (χ0v) is 14.4. The number of fused-ring (bicyclic) bond motifs is 2. The van der Waals surface area contributed by atoms with E-state index in [9.17, 15) is 9.59 Å². The highest BCUT2D eigenvalue weighted by molar-refractivity contribution is 5.97. The van der Waals surface area contributed by atoms with Crippen LogP contribution in [0.25, 0.3) is 0 Å². The number of hydrogen-bond acceptors (Lipinski definition) is 2. The molecule has 0 aromatic heterocycles. The number of rotatable bonds is 2. The van der Waals surface area contributed by atoms with E-state index in [0.717, 1.165) is 24.1 Å². The van der Waals surface area contributed by atoms with Crippen LogP contribution in [0.2, 0.25) is 0 Å². The molecule has 0 saturated heterocycles. The zero-order valence-electron chi connectivity index (χ0n) is 14.4. The molecule has 0 spiro atoms. The Bertz CT molecular complexity index is 805. The highest BCUT2D eigenvalue weighted by Crippen LogP contribution is 2.34. The Morgan fingerprint density at radius 1 is 1.04 bits per heavy atom. The van der Waals surface area contributed by atoms with Crippen molar-refractivity contribution < 1.29 is 9.59 Å². The van der Waals surface area contributed by atoms with Crippen molar-refractivity contribution in [3.05, 3.63) is 65.2 Å². The molecule has 0 radical (unpaired) electrons. The van der Waals surface area contributed by atoms with Gasteiger partial charge in [0.2, 0.25) is 11.8 Å². The average molecular weight is 334 g/mol. The molecule has 0 saturated carbocycles. The maximum atomic E-state index is 13.0. The SMILES string of the molecule is CN1C(=O)CCC(C(=O)NC2Cc3ccccc3C2)c2ccccc21. The minimum Gasteiger partial charge on any atom is -0.352 e. The van der Waals surface area contributed by atoms with E-state index in [1.54, 1.807) is 11.9 Å². The molecule has 2 aromatic rings. The summed E-state index contributed by atoms with van der Waals surface area (Å²) in [6.45, 7) is 0. The predicted octanol–water partition coefficient (Wildman–Crippen LogP) is 2.81. The first-order valence-electron chi connectivity index (χ1n) is 8.86. The smallest absolute Gasteiger partial charge is 0.227 e. The monoisotopic (exact) mass is 334 g/mol. The van der Waals surface area contributed by atoms with E-state index < -0.39 is 0 Å². The van der Waals surface area contributed by atoms with Crippen LogP contribution in [-0.4, -0.2) is 24.9 Å². The summed E-state index contributed by atoms with van der Waals surface area (Å²) >= 11 is 0. The van der Waals surface area contributed by atoms with Gasteiger partial charge in [0.25, 0.3) is 0 Å². The van der Waals surface area contributed by atoms with Gasteiger partial charge in [-0.25, -0.2) is 0 Å². The number of amides is 2. The van der Waals surface area contributed by atoms with Gasteiger partial charge in [0.1, 0.15) is 0 Å². The van der Waals surface area contributed by atoms with E-state index in [1.165, 1.54) is 11.1 Å². The molecule has 1 aliphatic carbocycles. The molecular weight excluding hydrogens is 312 g/mol. The second-order valence-corrected chi connectivity index (χ2v) is 6.99. The Labute approximate surface area is 147 Å². The first-order valence-corrected chi connectivity index (χ1v) is 8.86. The van der Waals surface area contributed by atoms with E-state index in [-0.39, 0.29) is 23.8 Å². The van der Waals surface area contributed by atoms with Crippen molar-refractivity contribution >= 4 is 17.5 Å². The number of para-hydroxylation sites is 1. The zero-order chi connectivity index (χ0) is 17.4. The van der Waals surface area contributed by atoms with Gasteiger partial charge in [-0.05, 0) is 42.0 Å². The third kappa shape index (κ3) is 2.93. The van der Waals surface area contributed by atoms with E-state index in [1.807, 2.05) is 36.4 Å². The molecule has 1 heterocycles. The van der Waals surface area contributed by atoms with Crippen molar-refractivity contribution in [2.75, 3.05) is 11.9 Å². The van der Waals surface area contributed by atoms with Crippen LogP contribution in [0.15, 0.2) is 48.5 Å². The van der Waals surface area contributed by atoms with Gasteiger partial charge in [0.05, 0.1) is 5.92 Å². The van der Waals surface area contributed by atoms with Crippen LogP contribution in [0.5, 0.6) is 0 Å². The van der Waals surface area contributed by atoms with Crippen LogP contribution < -0.4 is 10.2 Å². The third-order valence-corrected chi connectivity index (χ3v) is 5.41. The normalized spacial score (nSPS) is 20.0. The molecule has 0 bridgehead atoms. The number of anilines is 1. The molecule has 1 N–H and O–H groups in total. The topological polar surface area (TPSA) is 49.4 Å². The summed E-state index contributed by atoms with van der Waals surface area (Å²) in [6.07, 6.45) is 2.73. The van der Waals surface area contributed by atoms with Gasteiger partial charge in [-0.3, -0.25) is 9.59 Å². The van der Waals surface area contributed by atoms with Crippen molar-refractivity contribution in [3.63, 3.8) is 0 Å². The standard InChI is InChI=1S/C21H22N2O2/c1-23-19-9-5-4-8-17(19)18(10-11-20(23)24)21(25)22-16-12-14-6-2-3-7-15(14)13-16/h2-9,16,18H,10-13H2,1H3,(H,22,25). The van der Waals surface area contributed by atoms with Gasteiger partial charge in [0, 0.05) is 25.2 Å². The molecule has 2 aromatic carbocycles. The molecule has 2 aliphatic rings. The molecule has 1 aliphatic heterocycles. The summed E-state index contributed by atoms with van der Waals surface area (Å²) in [5.41, 5.74) is 4.44. The lowest BCUT2D eigenvalue weighted by Gasteiger charge is -2.21. The lowest BCUT2D eigenvalue weighted by Crippen LogP contribution is -2.38. The minimum absolute atomic E-state index is 0.0355. The molecule has 4 rings (SSSR count). The highest BCUT2D eigenvalue weighted by Gasteiger charge is 2.32. The van der Waals surface area contributed by atoms with Crippen LogP contribution in [0, 0.1) is 0 Å². The molecule has 0 fully saturated rings. The van der Waals surface area contributed by atoms with E-state index in [2.05, 4.69) is 17.4 Å². The quantitative estimate of drug-likeness (QED) is 0.918. The van der Waals surface area contributed by atoms with E-state index in [0.29, 0.717) is 12.8 Å². The fourth-order valence-corrected chi connectivity index (χ4v) is 4.05. The molecule has 128 valence electrons. The number of benzene rings is 2. The predicted molar refractivity (Wildman–Crippen MR) is 97.6 cm³/mol. The Balaban J connectivity index is 1.54. The molecular formula is C21H22N2O2. The Morgan fingerprint density at radius 2 is 1.68 bits per heavy atom. The van der Waals surface area contributed by atoms with Crippen LogP contribution in [0.3, 0.4) is 0 Å². The van der Waals surface area contributed by atoms with Crippen LogP contribution in [0.1, 0.15) is 35.4 Å². The van der Waals surface area contributed by atoms with Gasteiger partial charge in [0.15, 0.2) is 0 Å². The fourth-order valence-electron chi connectivity index (χ4n) is 4.05. The lowest BCUT2D eigenvalue weighted by atomic mass is 9.92. The first kappa shape index (κ1) is 15.9. The number of carbonyl (C=O) groups excluding carboxylic acids is 2. The van der Waals surface area contributed by atoms with Crippen molar-refractivity contribution in [1.82, 2.24) is 5.32 Å². The van der Waals surface area contributed by atoms with Gasteiger partial charge < -0.3 is 10.2 Å². The highest BCUT2D eigenvalue weighted by atomic mass is 16.2. The second kappa shape index (κ2) is 6.36. The molecule has 4 heteroatoms. The Kier molecular flexibility index (Phi) is 4.04. The largest absolute Gasteiger partial charge is 0.352 e. The second-order valence-electron chi connectivity index (χ2n) is 6.99. The van der Waals surface area contributed by atoms with Gasteiger partial charge in [-0.1, -0.05) is 42.5 Å². The third-order valence-electron chi connectivity index (χ3n) is 5.41. The average Bonchev–Trinajstić information content (AvgIpc) is 2.98. The lowest BCUT2D eigenvalue weighted by molar-refractivity contribution is -0.123. The number of nitrogens with zero attached hydrogens (tertiary/aromatic N) is 1. The van der Waals surface area contributed by atoms with Crippen molar-refractivity contribution in [2.45, 2.75) is 37.6 Å². The van der Waals surface area contributed by atoms with E-state index >= 15 is 0 Å². The fraction of sp³-hybridized carbons (Fsp3) is 0.333. The Morgan fingerprint density at radius 3 is 2.40 bits per heavy atom. The van der Waals surface area contributed by atoms with Crippen molar-refractivity contribution in [3.8, 4) is 0 Å². The first-order chi connectivity index (χ1) is 12.1. The number of nitrogens with one attached hydrogen (secondary N) is 1. The summed E-state index contributed by atoms with van der Waals surface area (Å²) in [6, 6.07) is 16.3. The van der Waals surface area contributed by atoms with Crippen LogP contribution >= 0.6 is 0 Å². The van der Waals surface area contributed by atoms with Crippen LogP contribution in [0.4, 0.5) is 5.69 Å². The molecule has 1 atom stereocenters.